The predicted octanol–water partition coefficient (Wildman–Crippen LogP) is 6.74. The van der Waals surface area contributed by atoms with Crippen LogP contribution in [0.1, 0.15) is 71.5 Å². The second-order valence-electron chi connectivity index (χ2n) is 7.50. The fourth-order valence-electron chi connectivity index (χ4n) is 2.33. The van der Waals surface area contributed by atoms with Crippen molar-refractivity contribution in [3.05, 3.63) is 40.4 Å². The monoisotopic (exact) mass is 317 g/mol. The van der Waals surface area contributed by atoms with Gasteiger partial charge in [0.15, 0.2) is 0 Å². The zero-order valence-corrected chi connectivity index (χ0v) is 16.5. The number of aryl methyl sites for hydroxylation is 1. The zero-order valence-electron chi connectivity index (χ0n) is 15.7. The molecule has 0 amide bonds. The molecule has 0 saturated heterocycles. The SMILES string of the molecule is CC.Cc1sc(-c2ccc(C(C)(C)C)cc2)nc1C(C)(C)C. The van der Waals surface area contributed by atoms with Gasteiger partial charge < -0.3 is 0 Å². The molecule has 0 aliphatic heterocycles. The van der Waals surface area contributed by atoms with Crippen LogP contribution >= 0.6 is 11.3 Å². The maximum atomic E-state index is 4.86. The van der Waals surface area contributed by atoms with Gasteiger partial charge in [0.05, 0.1) is 5.69 Å². The van der Waals surface area contributed by atoms with Crippen LogP contribution in [-0.4, -0.2) is 4.98 Å². The number of nitrogens with zero attached hydrogens (tertiary/aromatic N) is 1. The summed E-state index contributed by atoms with van der Waals surface area (Å²) in [6.45, 7) is 19.6. The average molecular weight is 318 g/mol. The Kier molecular flexibility index (Phi) is 5.97. The number of hydrogen-bond donors (Lipinski definition) is 0. The van der Waals surface area contributed by atoms with E-state index in [4.69, 9.17) is 4.98 Å². The van der Waals surface area contributed by atoms with Crippen molar-refractivity contribution < 1.29 is 0 Å². The first kappa shape index (κ1) is 18.9. The lowest BCUT2D eigenvalue weighted by atomic mass is 9.87. The third-order valence-electron chi connectivity index (χ3n) is 3.50. The Balaban J connectivity index is 0.00000116. The summed E-state index contributed by atoms with van der Waals surface area (Å²) in [5.41, 5.74) is 4.13. The van der Waals surface area contributed by atoms with Crippen LogP contribution in [0.3, 0.4) is 0 Å². The normalized spacial score (nSPS) is 11.9. The highest BCUT2D eigenvalue weighted by atomic mass is 32.1. The van der Waals surface area contributed by atoms with Crippen molar-refractivity contribution in [3.8, 4) is 10.6 Å². The Labute approximate surface area is 140 Å². The first-order chi connectivity index (χ1) is 10.1. The summed E-state index contributed by atoms with van der Waals surface area (Å²) in [5.74, 6) is 0. The van der Waals surface area contributed by atoms with E-state index >= 15 is 0 Å². The maximum absolute atomic E-state index is 4.86. The van der Waals surface area contributed by atoms with E-state index in [1.807, 2.05) is 13.8 Å². The molecule has 0 aliphatic carbocycles. The highest BCUT2D eigenvalue weighted by Gasteiger charge is 2.21. The van der Waals surface area contributed by atoms with Crippen LogP contribution in [0.15, 0.2) is 24.3 Å². The fraction of sp³-hybridized carbons (Fsp3) is 0.550. The molecule has 2 aromatic rings. The van der Waals surface area contributed by atoms with E-state index in [0.29, 0.717) is 0 Å². The van der Waals surface area contributed by atoms with E-state index in [9.17, 15) is 0 Å². The molecule has 0 unspecified atom stereocenters. The molecule has 2 rings (SSSR count). The van der Waals surface area contributed by atoms with Crippen molar-refractivity contribution in [3.63, 3.8) is 0 Å². The van der Waals surface area contributed by atoms with E-state index < -0.39 is 0 Å². The summed E-state index contributed by atoms with van der Waals surface area (Å²) in [5, 5.41) is 1.13. The van der Waals surface area contributed by atoms with Gasteiger partial charge >= 0.3 is 0 Å². The van der Waals surface area contributed by atoms with Gasteiger partial charge in [0.25, 0.3) is 0 Å². The van der Waals surface area contributed by atoms with Gasteiger partial charge in [0.1, 0.15) is 5.01 Å². The Bertz CT molecular complexity index is 592. The Morgan fingerprint density at radius 1 is 0.818 bits per heavy atom. The molecule has 2 heteroatoms. The van der Waals surface area contributed by atoms with E-state index in [0.717, 1.165) is 5.01 Å². The molecule has 0 spiro atoms. The maximum Gasteiger partial charge on any atom is 0.123 e. The Hall–Kier alpha value is -1.15. The molecule has 0 N–H and O–H groups in total. The zero-order chi connectivity index (χ0) is 17.1. The molecule has 1 heterocycles. The van der Waals surface area contributed by atoms with Gasteiger partial charge in [-0.15, -0.1) is 11.3 Å². The van der Waals surface area contributed by atoms with Crippen LogP contribution in [0.25, 0.3) is 10.6 Å². The van der Waals surface area contributed by atoms with Gasteiger partial charge in [-0.05, 0) is 17.9 Å². The van der Waals surface area contributed by atoms with Crippen molar-refractivity contribution >= 4 is 11.3 Å². The lowest BCUT2D eigenvalue weighted by Gasteiger charge is -2.19. The molecular formula is C20H31NS. The number of benzene rings is 1. The summed E-state index contributed by atoms with van der Waals surface area (Å²) in [7, 11) is 0. The van der Waals surface area contributed by atoms with Gasteiger partial charge in [-0.1, -0.05) is 79.7 Å². The van der Waals surface area contributed by atoms with Crippen LogP contribution < -0.4 is 0 Å². The molecule has 22 heavy (non-hydrogen) atoms. The minimum Gasteiger partial charge on any atom is -0.240 e. The molecule has 0 radical (unpaired) electrons. The first-order valence-corrected chi connectivity index (χ1v) is 8.99. The van der Waals surface area contributed by atoms with Gasteiger partial charge in [0.2, 0.25) is 0 Å². The molecule has 0 bridgehead atoms. The number of hydrogen-bond acceptors (Lipinski definition) is 2. The van der Waals surface area contributed by atoms with Crippen molar-refractivity contribution in [1.82, 2.24) is 4.98 Å². The molecule has 122 valence electrons. The predicted molar refractivity (Wildman–Crippen MR) is 101 cm³/mol. The topological polar surface area (TPSA) is 12.9 Å². The van der Waals surface area contributed by atoms with Crippen molar-refractivity contribution in [1.29, 1.82) is 0 Å². The highest BCUT2D eigenvalue weighted by Crippen LogP contribution is 2.34. The Morgan fingerprint density at radius 2 is 1.32 bits per heavy atom. The number of thiazole rings is 1. The van der Waals surface area contributed by atoms with Crippen molar-refractivity contribution in [2.45, 2.75) is 73.1 Å². The lowest BCUT2D eigenvalue weighted by molar-refractivity contribution is 0.570. The molecule has 0 aliphatic rings. The van der Waals surface area contributed by atoms with Crippen LogP contribution in [0.5, 0.6) is 0 Å². The number of rotatable bonds is 1. The van der Waals surface area contributed by atoms with Gasteiger partial charge in [-0.25, -0.2) is 4.98 Å². The first-order valence-electron chi connectivity index (χ1n) is 8.18. The molecular weight excluding hydrogens is 286 g/mol. The van der Waals surface area contributed by atoms with Crippen LogP contribution in [0.4, 0.5) is 0 Å². The van der Waals surface area contributed by atoms with Crippen LogP contribution in [0.2, 0.25) is 0 Å². The van der Waals surface area contributed by atoms with E-state index in [1.165, 1.54) is 21.7 Å². The average Bonchev–Trinajstić information content (AvgIpc) is 2.82. The Morgan fingerprint density at radius 3 is 1.68 bits per heavy atom. The largest absolute Gasteiger partial charge is 0.240 e. The third kappa shape index (κ3) is 4.42. The molecule has 1 nitrogen and oxygen atoms in total. The summed E-state index contributed by atoms with van der Waals surface area (Å²) >= 11 is 1.80. The highest BCUT2D eigenvalue weighted by molar-refractivity contribution is 7.15. The standard InChI is InChI=1S/C18H25NS.C2H6/c1-12-15(18(5,6)7)19-16(20-12)13-8-10-14(11-9-13)17(2,3)4;1-2/h8-11H,1-7H3;1-2H3. The lowest BCUT2D eigenvalue weighted by Crippen LogP contribution is -2.13. The molecule has 1 aromatic heterocycles. The van der Waals surface area contributed by atoms with Crippen molar-refractivity contribution in [2.24, 2.45) is 0 Å². The van der Waals surface area contributed by atoms with E-state index in [2.05, 4.69) is 72.7 Å². The summed E-state index contributed by atoms with van der Waals surface area (Å²) in [6, 6.07) is 8.85. The summed E-state index contributed by atoms with van der Waals surface area (Å²) in [4.78, 5) is 6.19. The quantitative estimate of drug-likeness (QED) is 0.567. The molecule has 1 aromatic carbocycles. The fourth-order valence-corrected chi connectivity index (χ4v) is 3.46. The second-order valence-corrected chi connectivity index (χ2v) is 8.70. The second kappa shape index (κ2) is 6.95. The minimum absolute atomic E-state index is 0.115. The molecule has 0 atom stereocenters. The van der Waals surface area contributed by atoms with Gasteiger partial charge in [0, 0.05) is 15.9 Å². The van der Waals surface area contributed by atoms with Crippen LogP contribution in [0, 0.1) is 6.92 Å². The summed E-state index contributed by atoms with van der Waals surface area (Å²) in [6.07, 6.45) is 0. The minimum atomic E-state index is 0.115. The molecule has 0 fully saturated rings. The third-order valence-corrected chi connectivity index (χ3v) is 4.52. The van der Waals surface area contributed by atoms with Crippen LogP contribution in [-0.2, 0) is 10.8 Å². The van der Waals surface area contributed by atoms with Crippen molar-refractivity contribution in [2.75, 3.05) is 0 Å². The van der Waals surface area contributed by atoms with Gasteiger partial charge in [-0.3, -0.25) is 0 Å². The molecule has 0 saturated carbocycles. The smallest absolute Gasteiger partial charge is 0.123 e. The number of aromatic nitrogens is 1. The van der Waals surface area contributed by atoms with E-state index in [1.54, 1.807) is 11.3 Å². The van der Waals surface area contributed by atoms with E-state index in [-0.39, 0.29) is 10.8 Å². The van der Waals surface area contributed by atoms with Gasteiger partial charge in [-0.2, -0.15) is 0 Å². The summed E-state index contributed by atoms with van der Waals surface area (Å²) < 4.78 is 0.